The predicted octanol–water partition coefficient (Wildman–Crippen LogP) is 4.76. The van der Waals surface area contributed by atoms with Gasteiger partial charge in [0.2, 0.25) is 0 Å². The van der Waals surface area contributed by atoms with E-state index in [2.05, 4.69) is 27.7 Å². The molecule has 1 spiro atoms. The zero-order chi connectivity index (χ0) is 21.8. The third-order valence-electron chi connectivity index (χ3n) is 12.1. The minimum Gasteiger partial charge on any atom is -0.393 e. The molecule has 6 fully saturated rings. The van der Waals surface area contributed by atoms with Crippen molar-refractivity contribution < 1.29 is 19.7 Å². The standard InChI is InChI=1S/C27H44O4/c1-15-10-11-27(30-14-15)16(2)24-21(31-27)12-19-18-9-8-17-6-5-7-22(28)25(17,3)20(18)13-23(29)26(19,24)4/h15-24,28-29H,5-14H2,1-4H3/t15?,16-,17?,18-,19-,20-,21-,22?,23?,24-,25-,26+,27+/m0/s1. The number of hydrogen-bond acceptors (Lipinski definition) is 4. The van der Waals surface area contributed by atoms with Crippen LogP contribution in [0.5, 0.6) is 0 Å². The molecule has 0 radical (unpaired) electrons. The lowest BCUT2D eigenvalue weighted by atomic mass is 9.43. The van der Waals surface area contributed by atoms with Gasteiger partial charge in [0.25, 0.3) is 0 Å². The zero-order valence-corrected chi connectivity index (χ0v) is 20.1. The summed E-state index contributed by atoms with van der Waals surface area (Å²) >= 11 is 0. The van der Waals surface area contributed by atoms with Crippen molar-refractivity contribution in [3.8, 4) is 0 Å². The molecule has 2 heterocycles. The Balaban J connectivity index is 1.32. The van der Waals surface area contributed by atoms with Gasteiger partial charge in [0.05, 0.1) is 24.9 Å². The van der Waals surface area contributed by atoms with Gasteiger partial charge in [0, 0.05) is 23.7 Å². The first-order valence-corrected chi connectivity index (χ1v) is 13.4. The van der Waals surface area contributed by atoms with Crippen molar-refractivity contribution in [3.05, 3.63) is 0 Å². The molecule has 0 bridgehead atoms. The Kier molecular flexibility index (Phi) is 4.78. The molecule has 0 aromatic heterocycles. The molecule has 6 rings (SSSR count). The fourth-order valence-corrected chi connectivity index (χ4v) is 10.3. The monoisotopic (exact) mass is 432 g/mol. The van der Waals surface area contributed by atoms with Gasteiger partial charge in [-0.15, -0.1) is 0 Å². The SMILES string of the molecule is CC1CC[C@@]2(OC1)O[C@H]1C[C@H]3[C@@H]4CCC5CCCC(O)[C@]5(C)[C@H]4CC(O)[C@]3(C)[C@H]1[C@@H]2C. The van der Waals surface area contributed by atoms with E-state index in [4.69, 9.17) is 9.47 Å². The van der Waals surface area contributed by atoms with Gasteiger partial charge in [-0.3, -0.25) is 0 Å². The molecule has 6 aliphatic rings. The normalized spacial score (nSPS) is 63.3. The van der Waals surface area contributed by atoms with Gasteiger partial charge < -0.3 is 19.7 Å². The molecular weight excluding hydrogens is 388 g/mol. The molecule has 4 aliphatic carbocycles. The largest absolute Gasteiger partial charge is 0.393 e. The molecular formula is C27H44O4. The third kappa shape index (κ3) is 2.63. The van der Waals surface area contributed by atoms with Crippen molar-refractivity contribution in [1.29, 1.82) is 0 Å². The Morgan fingerprint density at radius 2 is 1.61 bits per heavy atom. The van der Waals surface area contributed by atoms with E-state index < -0.39 is 5.79 Å². The predicted molar refractivity (Wildman–Crippen MR) is 119 cm³/mol. The van der Waals surface area contributed by atoms with E-state index in [1.165, 1.54) is 32.1 Å². The second-order valence-corrected chi connectivity index (χ2v) is 13.1. The second kappa shape index (κ2) is 6.93. The Labute approximate surface area is 188 Å². The van der Waals surface area contributed by atoms with Crippen molar-refractivity contribution in [1.82, 2.24) is 0 Å². The van der Waals surface area contributed by atoms with Crippen molar-refractivity contribution >= 4 is 0 Å². The van der Waals surface area contributed by atoms with Gasteiger partial charge in [-0.05, 0) is 80.0 Å². The maximum atomic E-state index is 11.8. The van der Waals surface area contributed by atoms with Crippen LogP contribution in [0.2, 0.25) is 0 Å². The molecule has 176 valence electrons. The van der Waals surface area contributed by atoms with Crippen molar-refractivity contribution in [2.75, 3.05) is 6.61 Å². The number of rotatable bonds is 0. The van der Waals surface area contributed by atoms with E-state index in [-0.39, 0.29) is 29.1 Å². The van der Waals surface area contributed by atoms with Crippen LogP contribution in [-0.4, -0.2) is 40.9 Å². The average molecular weight is 433 g/mol. The quantitative estimate of drug-likeness (QED) is 0.579. The molecule has 2 N–H and O–H groups in total. The van der Waals surface area contributed by atoms with Crippen LogP contribution in [-0.2, 0) is 9.47 Å². The van der Waals surface area contributed by atoms with Crippen LogP contribution in [0.15, 0.2) is 0 Å². The summed E-state index contributed by atoms with van der Waals surface area (Å²) < 4.78 is 13.2. The summed E-state index contributed by atoms with van der Waals surface area (Å²) in [7, 11) is 0. The number of aliphatic hydroxyl groups is 2. The van der Waals surface area contributed by atoms with Crippen molar-refractivity contribution in [3.63, 3.8) is 0 Å². The summed E-state index contributed by atoms with van der Waals surface area (Å²) in [6, 6.07) is 0. The topological polar surface area (TPSA) is 58.9 Å². The molecule has 4 nitrogen and oxygen atoms in total. The van der Waals surface area contributed by atoms with Gasteiger partial charge in [0.1, 0.15) is 0 Å². The third-order valence-corrected chi connectivity index (χ3v) is 12.1. The minimum absolute atomic E-state index is 0.0164. The lowest BCUT2D eigenvalue weighted by Gasteiger charge is -2.63. The molecule has 0 aromatic carbocycles. The lowest BCUT2D eigenvalue weighted by molar-refractivity contribution is -0.275. The first-order valence-electron chi connectivity index (χ1n) is 13.4. The molecule has 0 amide bonds. The van der Waals surface area contributed by atoms with Crippen LogP contribution < -0.4 is 0 Å². The van der Waals surface area contributed by atoms with Gasteiger partial charge in [-0.1, -0.05) is 34.1 Å². The number of aliphatic hydroxyl groups excluding tert-OH is 2. The Bertz CT molecular complexity index is 716. The molecule has 2 saturated heterocycles. The van der Waals surface area contributed by atoms with Crippen LogP contribution in [0, 0.1) is 52.3 Å². The summed E-state index contributed by atoms with van der Waals surface area (Å²) in [6.45, 7) is 10.2. The molecule has 2 aliphatic heterocycles. The summed E-state index contributed by atoms with van der Waals surface area (Å²) in [4.78, 5) is 0. The van der Waals surface area contributed by atoms with Crippen molar-refractivity contribution in [2.45, 2.75) is 110 Å². The number of hydrogen-bond donors (Lipinski definition) is 2. The first-order chi connectivity index (χ1) is 14.7. The van der Waals surface area contributed by atoms with E-state index in [9.17, 15) is 10.2 Å². The van der Waals surface area contributed by atoms with Crippen LogP contribution in [0.25, 0.3) is 0 Å². The molecule has 4 saturated carbocycles. The molecule has 4 heteroatoms. The summed E-state index contributed by atoms with van der Waals surface area (Å²) in [5.41, 5.74) is -0.110. The highest BCUT2D eigenvalue weighted by atomic mass is 16.7. The van der Waals surface area contributed by atoms with E-state index in [1.54, 1.807) is 0 Å². The smallest absolute Gasteiger partial charge is 0.171 e. The highest BCUT2D eigenvalue weighted by Crippen LogP contribution is 2.71. The molecule has 13 atom stereocenters. The van der Waals surface area contributed by atoms with E-state index in [0.717, 1.165) is 32.3 Å². The van der Waals surface area contributed by atoms with E-state index in [0.29, 0.717) is 41.4 Å². The highest BCUT2D eigenvalue weighted by Gasteiger charge is 2.71. The van der Waals surface area contributed by atoms with Gasteiger partial charge >= 0.3 is 0 Å². The Morgan fingerprint density at radius 3 is 2.35 bits per heavy atom. The molecule has 4 unspecified atom stereocenters. The molecule has 31 heavy (non-hydrogen) atoms. The van der Waals surface area contributed by atoms with E-state index >= 15 is 0 Å². The summed E-state index contributed by atoms with van der Waals surface area (Å²) in [5.74, 6) is 3.11. The van der Waals surface area contributed by atoms with Crippen molar-refractivity contribution in [2.24, 2.45) is 52.3 Å². The van der Waals surface area contributed by atoms with E-state index in [1.807, 2.05) is 0 Å². The summed E-state index contributed by atoms with van der Waals surface area (Å²) in [6.07, 6.45) is 9.72. The Morgan fingerprint density at radius 1 is 0.839 bits per heavy atom. The van der Waals surface area contributed by atoms with Crippen LogP contribution >= 0.6 is 0 Å². The number of ether oxygens (including phenoxy) is 2. The maximum Gasteiger partial charge on any atom is 0.171 e. The minimum atomic E-state index is -0.421. The van der Waals surface area contributed by atoms with Gasteiger partial charge in [-0.25, -0.2) is 0 Å². The highest BCUT2D eigenvalue weighted by molar-refractivity contribution is 5.18. The summed E-state index contributed by atoms with van der Waals surface area (Å²) in [5, 5.41) is 22.9. The van der Waals surface area contributed by atoms with Crippen LogP contribution in [0.3, 0.4) is 0 Å². The number of fused-ring (bicyclic) bond motifs is 7. The average Bonchev–Trinajstić information content (AvgIpc) is 3.18. The zero-order valence-electron chi connectivity index (χ0n) is 20.1. The molecule has 0 aromatic rings. The van der Waals surface area contributed by atoms with Gasteiger partial charge in [0.15, 0.2) is 5.79 Å². The van der Waals surface area contributed by atoms with Crippen LogP contribution in [0.1, 0.15) is 85.5 Å². The fourth-order valence-electron chi connectivity index (χ4n) is 10.3. The van der Waals surface area contributed by atoms with Crippen LogP contribution in [0.4, 0.5) is 0 Å². The first kappa shape index (κ1) is 21.4. The Hall–Kier alpha value is -0.160. The second-order valence-electron chi connectivity index (χ2n) is 13.1. The fraction of sp³-hybridized carbons (Fsp3) is 1.00. The maximum absolute atomic E-state index is 11.8. The lowest BCUT2D eigenvalue weighted by Crippen LogP contribution is -2.61. The van der Waals surface area contributed by atoms with Gasteiger partial charge in [-0.2, -0.15) is 0 Å².